The quantitative estimate of drug-likeness (QED) is 0.420. The number of aryl methyl sites for hydroxylation is 1. The summed E-state index contributed by atoms with van der Waals surface area (Å²) in [6.45, 7) is 1.98. The lowest BCUT2D eigenvalue weighted by molar-refractivity contribution is 0.588. The molecule has 0 amide bonds. The molecular weight excluding hydrogens is 368 g/mol. The van der Waals surface area contributed by atoms with Crippen LogP contribution in [-0.2, 0) is 0 Å². The van der Waals surface area contributed by atoms with Crippen molar-refractivity contribution in [3.63, 3.8) is 0 Å². The van der Waals surface area contributed by atoms with Gasteiger partial charge < -0.3 is 5.73 Å². The minimum Gasteiger partial charge on any atom is -0.383 e. The molecule has 27 heavy (non-hydrogen) atoms. The van der Waals surface area contributed by atoms with Crippen molar-refractivity contribution in [2.75, 3.05) is 12.0 Å². The van der Waals surface area contributed by atoms with Crippen molar-refractivity contribution >= 4 is 28.6 Å². The van der Waals surface area contributed by atoms with E-state index in [1.54, 1.807) is 0 Å². The molecule has 4 rings (SSSR count). The molecule has 0 spiro atoms. The maximum Gasteiger partial charge on any atom is 0.190 e. The molecule has 5 nitrogen and oxygen atoms in total. The van der Waals surface area contributed by atoms with Crippen LogP contribution in [0.1, 0.15) is 5.56 Å². The Hall–Kier alpha value is -3.00. The normalized spacial score (nSPS) is 11.3. The van der Waals surface area contributed by atoms with Gasteiger partial charge in [-0.15, -0.1) is 5.10 Å². The van der Waals surface area contributed by atoms with E-state index in [1.807, 2.05) is 37.4 Å². The van der Waals surface area contributed by atoms with E-state index in [0.29, 0.717) is 21.9 Å². The van der Waals surface area contributed by atoms with Crippen molar-refractivity contribution in [3.05, 3.63) is 59.7 Å². The smallest absolute Gasteiger partial charge is 0.190 e. The molecule has 0 aliphatic heterocycles. The summed E-state index contributed by atoms with van der Waals surface area (Å²) >= 11 is 1.37. The molecule has 0 bridgehead atoms. The van der Waals surface area contributed by atoms with Gasteiger partial charge in [0, 0.05) is 11.6 Å². The maximum atomic E-state index is 14.3. The minimum absolute atomic E-state index is 0.0774. The molecular formula is C19H15F2N5S. The first kappa shape index (κ1) is 17.4. The van der Waals surface area contributed by atoms with Crippen LogP contribution >= 0.6 is 11.8 Å². The third-order valence-electron chi connectivity index (χ3n) is 4.16. The number of aromatic nitrogens is 4. The lowest BCUT2D eigenvalue weighted by atomic mass is 10.1. The number of nitrogen functional groups attached to an aromatic ring is 1. The summed E-state index contributed by atoms with van der Waals surface area (Å²) in [5.74, 6) is -1.06. The highest BCUT2D eigenvalue weighted by Gasteiger charge is 2.20. The van der Waals surface area contributed by atoms with Gasteiger partial charge in [0.2, 0.25) is 0 Å². The van der Waals surface area contributed by atoms with E-state index in [0.717, 1.165) is 29.3 Å². The molecule has 2 aromatic carbocycles. The topological polar surface area (TPSA) is 69.6 Å². The van der Waals surface area contributed by atoms with Crippen LogP contribution in [0.5, 0.6) is 0 Å². The van der Waals surface area contributed by atoms with Crippen LogP contribution in [0.15, 0.2) is 47.6 Å². The fourth-order valence-corrected chi connectivity index (χ4v) is 3.28. The van der Waals surface area contributed by atoms with Gasteiger partial charge in [-0.3, -0.25) is 0 Å². The van der Waals surface area contributed by atoms with Gasteiger partial charge in [-0.05, 0) is 31.4 Å². The number of hydrogen-bond acceptors (Lipinski definition) is 5. The molecule has 0 aliphatic carbocycles. The molecule has 0 radical (unpaired) electrons. The van der Waals surface area contributed by atoms with Gasteiger partial charge in [-0.25, -0.2) is 23.4 Å². The lowest BCUT2D eigenvalue weighted by Gasteiger charge is -2.07. The number of hydrogen-bond donors (Lipinski definition) is 1. The summed E-state index contributed by atoms with van der Waals surface area (Å²) in [5.41, 5.74) is 9.05. The number of nitrogens with two attached hydrogens (primary N) is 1. The van der Waals surface area contributed by atoms with E-state index in [-0.39, 0.29) is 11.5 Å². The first-order valence-electron chi connectivity index (χ1n) is 8.10. The van der Waals surface area contributed by atoms with Gasteiger partial charge in [0.25, 0.3) is 0 Å². The largest absolute Gasteiger partial charge is 0.383 e. The summed E-state index contributed by atoms with van der Waals surface area (Å²) in [6, 6.07) is 10.9. The van der Waals surface area contributed by atoms with Crippen molar-refractivity contribution in [3.8, 4) is 16.9 Å². The van der Waals surface area contributed by atoms with Crippen LogP contribution in [0.4, 0.5) is 14.6 Å². The Morgan fingerprint density at radius 1 is 1.07 bits per heavy atom. The second kappa shape index (κ2) is 6.62. The molecule has 2 heterocycles. The van der Waals surface area contributed by atoms with E-state index in [1.165, 1.54) is 16.4 Å². The van der Waals surface area contributed by atoms with Crippen LogP contribution in [0.25, 0.3) is 28.0 Å². The number of benzene rings is 2. The lowest BCUT2D eigenvalue weighted by Crippen LogP contribution is -2.04. The third-order valence-corrected chi connectivity index (χ3v) is 4.71. The molecule has 0 unspecified atom stereocenters. The Kier molecular flexibility index (Phi) is 4.27. The van der Waals surface area contributed by atoms with Crippen LogP contribution in [-0.4, -0.2) is 26.0 Å². The van der Waals surface area contributed by atoms with Crippen molar-refractivity contribution < 1.29 is 8.78 Å². The third kappa shape index (κ3) is 3.02. The Labute approximate surface area is 158 Å². The van der Waals surface area contributed by atoms with Gasteiger partial charge in [-0.1, -0.05) is 35.5 Å². The van der Waals surface area contributed by atoms with Gasteiger partial charge in [0.15, 0.2) is 10.8 Å². The van der Waals surface area contributed by atoms with Crippen LogP contribution in [0, 0.1) is 18.6 Å². The molecule has 136 valence electrons. The number of thioether (sulfide) groups is 1. The molecule has 2 N–H and O–H groups in total. The van der Waals surface area contributed by atoms with Crippen molar-refractivity contribution in [2.45, 2.75) is 12.1 Å². The predicted octanol–water partition coefficient (Wildman–Crippen LogP) is 4.37. The monoisotopic (exact) mass is 383 g/mol. The van der Waals surface area contributed by atoms with E-state index in [9.17, 15) is 8.78 Å². The number of rotatable bonds is 3. The first-order chi connectivity index (χ1) is 13.0. The number of fused-ring (bicyclic) bond motifs is 1. The summed E-state index contributed by atoms with van der Waals surface area (Å²) in [5, 5.41) is 5.34. The number of halogens is 2. The molecule has 4 aromatic rings. The van der Waals surface area contributed by atoms with Gasteiger partial charge in [0.05, 0.1) is 11.1 Å². The second-order valence-electron chi connectivity index (χ2n) is 6.02. The van der Waals surface area contributed by atoms with Crippen LogP contribution < -0.4 is 5.73 Å². The van der Waals surface area contributed by atoms with Crippen molar-refractivity contribution in [2.24, 2.45) is 0 Å². The van der Waals surface area contributed by atoms with E-state index < -0.39 is 11.6 Å². The van der Waals surface area contributed by atoms with Gasteiger partial charge in [0.1, 0.15) is 23.1 Å². The summed E-state index contributed by atoms with van der Waals surface area (Å²) in [4.78, 5) is 8.97. The highest BCUT2D eigenvalue weighted by Crippen LogP contribution is 2.34. The van der Waals surface area contributed by atoms with Gasteiger partial charge in [-0.2, -0.15) is 0 Å². The van der Waals surface area contributed by atoms with Gasteiger partial charge >= 0.3 is 0 Å². The molecule has 2 aromatic heterocycles. The first-order valence-corrected chi connectivity index (χ1v) is 9.33. The number of nitrogens with zero attached hydrogens (tertiary/aromatic N) is 4. The standard InChI is InChI=1S/C19H15F2N5S/c1-10-4-3-5-11(8-10)16-15-17(22)26(14-9-12(20)6-7-13(14)21)25-18(15)24-19(23-16)27-2/h3-9H,22H2,1-2H3. The van der Waals surface area contributed by atoms with Crippen molar-refractivity contribution in [1.82, 2.24) is 19.7 Å². The highest BCUT2D eigenvalue weighted by atomic mass is 32.2. The molecule has 0 atom stereocenters. The van der Waals surface area contributed by atoms with E-state index in [2.05, 4.69) is 15.1 Å². The van der Waals surface area contributed by atoms with E-state index >= 15 is 0 Å². The van der Waals surface area contributed by atoms with Crippen molar-refractivity contribution in [1.29, 1.82) is 0 Å². The zero-order valence-corrected chi connectivity index (χ0v) is 15.4. The average molecular weight is 383 g/mol. The zero-order chi connectivity index (χ0) is 19.1. The molecule has 0 saturated heterocycles. The fraction of sp³-hybridized carbons (Fsp3) is 0.105. The second-order valence-corrected chi connectivity index (χ2v) is 6.79. The summed E-state index contributed by atoms with van der Waals surface area (Å²) < 4.78 is 29.1. The molecule has 8 heteroatoms. The molecule has 0 saturated carbocycles. The molecule has 0 fully saturated rings. The average Bonchev–Trinajstić information content (AvgIpc) is 2.99. The maximum absolute atomic E-state index is 14.3. The zero-order valence-electron chi connectivity index (χ0n) is 14.6. The van der Waals surface area contributed by atoms with E-state index in [4.69, 9.17) is 5.73 Å². The Morgan fingerprint density at radius 2 is 1.89 bits per heavy atom. The van der Waals surface area contributed by atoms with Crippen LogP contribution in [0.3, 0.4) is 0 Å². The van der Waals surface area contributed by atoms with Crippen LogP contribution in [0.2, 0.25) is 0 Å². The molecule has 0 aliphatic rings. The Balaban J connectivity index is 2.05. The summed E-state index contributed by atoms with van der Waals surface area (Å²) in [6.07, 6.45) is 1.85. The Morgan fingerprint density at radius 3 is 2.63 bits per heavy atom. The SMILES string of the molecule is CSc1nc(-c2cccc(C)c2)c2c(N)n(-c3cc(F)ccc3F)nc2n1. The minimum atomic E-state index is -0.633. The summed E-state index contributed by atoms with van der Waals surface area (Å²) in [7, 11) is 0. The number of anilines is 1. The Bertz CT molecular complexity index is 1170. The highest BCUT2D eigenvalue weighted by molar-refractivity contribution is 7.98. The predicted molar refractivity (Wildman–Crippen MR) is 103 cm³/mol. The fourth-order valence-electron chi connectivity index (χ4n) is 2.92.